The molecule has 0 aromatic heterocycles. The Bertz CT molecular complexity index is 779. The zero-order chi connectivity index (χ0) is 17.8. The molecule has 3 rings (SSSR count). The standard InChI is InChI=1S/C20H19ClFNO2/c21-18-12-16(22)8-9-17(18)20(25)23-10-4-7-15(13-23)19(24)11-14-5-2-1-3-6-14/h1-3,5-6,8-9,12,15H,4,7,10-11,13H2. The zero-order valence-electron chi connectivity index (χ0n) is 13.8. The second kappa shape index (κ2) is 7.79. The normalized spacial score (nSPS) is 17.4. The number of likely N-dealkylation sites (tertiary alicyclic amines) is 1. The first-order valence-corrected chi connectivity index (χ1v) is 8.73. The summed E-state index contributed by atoms with van der Waals surface area (Å²) in [5, 5.41) is 0.0998. The van der Waals surface area contributed by atoms with Gasteiger partial charge in [-0.1, -0.05) is 41.9 Å². The van der Waals surface area contributed by atoms with Crippen LogP contribution in [0.25, 0.3) is 0 Å². The Balaban J connectivity index is 1.68. The molecule has 0 radical (unpaired) electrons. The van der Waals surface area contributed by atoms with E-state index < -0.39 is 5.82 Å². The molecule has 1 aliphatic rings. The van der Waals surface area contributed by atoms with Gasteiger partial charge in [0.25, 0.3) is 5.91 Å². The van der Waals surface area contributed by atoms with Crippen LogP contribution in [-0.2, 0) is 11.2 Å². The number of hydrogen-bond acceptors (Lipinski definition) is 2. The maximum atomic E-state index is 13.2. The van der Waals surface area contributed by atoms with Gasteiger partial charge in [0.2, 0.25) is 0 Å². The largest absolute Gasteiger partial charge is 0.338 e. The summed E-state index contributed by atoms with van der Waals surface area (Å²) in [6.45, 7) is 0.972. The van der Waals surface area contributed by atoms with Crippen molar-refractivity contribution in [1.82, 2.24) is 4.90 Å². The highest BCUT2D eigenvalue weighted by Crippen LogP contribution is 2.24. The van der Waals surface area contributed by atoms with Crippen LogP contribution in [-0.4, -0.2) is 29.7 Å². The van der Waals surface area contributed by atoms with Gasteiger partial charge in [-0.2, -0.15) is 0 Å². The predicted molar refractivity (Wildman–Crippen MR) is 95.2 cm³/mol. The number of hydrogen-bond donors (Lipinski definition) is 0. The Morgan fingerprint density at radius 2 is 1.92 bits per heavy atom. The van der Waals surface area contributed by atoms with Gasteiger partial charge in [0, 0.05) is 25.4 Å². The van der Waals surface area contributed by atoms with Gasteiger partial charge in [0.1, 0.15) is 11.6 Å². The van der Waals surface area contributed by atoms with Crippen molar-refractivity contribution in [2.75, 3.05) is 13.1 Å². The fourth-order valence-electron chi connectivity index (χ4n) is 3.20. The monoisotopic (exact) mass is 359 g/mol. The molecule has 1 saturated heterocycles. The molecule has 0 saturated carbocycles. The minimum Gasteiger partial charge on any atom is -0.338 e. The van der Waals surface area contributed by atoms with E-state index in [0.717, 1.165) is 24.5 Å². The summed E-state index contributed by atoms with van der Waals surface area (Å²) in [4.78, 5) is 26.9. The van der Waals surface area contributed by atoms with Crippen LogP contribution in [0.2, 0.25) is 5.02 Å². The molecule has 5 heteroatoms. The molecule has 0 spiro atoms. The summed E-state index contributed by atoms with van der Waals surface area (Å²) in [7, 11) is 0. The van der Waals surface area contributed by atoms with Gasteiger partial charge >= 0.3 is 0 Å². The van der Waals surface area contributed by atoms with Crippen molar-refractivity contribution < 1.29 is 14.0 Å². The van der Waals surface area contributed by atoms with Crippen LogP contribution in [0.1, 0.15) is 28.8 Å². The molecule has 1 unspecified atom stereocenters. The lowest BCUT2D eigenvalue weighted by atomic mass is 9.90. The molecule has 1 amide bonds. The highest BCUT2D eigenvalue weighted by molar-refractivity contribution is 6.33. The number of carbonyl (C=O) groups excluding carboxylic acids is 2. The van der Waals surface area contributed by atoms with Crippen molar-refractivity contribution in [2.24, 2.45) is 5.92 Å². The molecular formula is C20H19ClFNO2. The van der Waals surface area contributed by atoms with E-state index in [2.05, 4.69) is 0 Å². The average molecular weight is 360 g/mol. The summed E-state index contributed by atoms with van der Waals surface area (Å²) in [6.07, 6.45) is 1.94. The number of Topliss-reactive ketones (excluding diaryl/α,β-unsaturated/α-hetero) is 1. The minimum absolute atomic E-state index is 0.0998. The molecule has 25 heavy (non-hydrogen) atoms. The number of piperidine rings is 1. The molecule has 0 bridgehead atoms. The SMILES string of the molecule is O=C(Cc1ccccc1)C1CCCN(C(=O)c2ccc(F)cc2Cl)C1. The van der Waals surface area contributed by atoms with E-state index in [0.29, 0.717) is 19.5 Å². The minimum atomic E-state index is -0.476. The van der Waals surface area contributed by atoms with Gasteiger partial charge in [-0.05, 0) is 36.6 Å². The average Bonchev–Trinajstić information content (AvgIpc) is 2.62. The second-order valence-electron chi connectivity index (χ2n) is 6.34. The van der Waals surface area contributed by atoms with Gasteiger partial charge < -0.3 is 4.90 Å². The third-order valence-electron chi connectivity index (χ3n) is 4.55. The van der Waals surface area contributed by atoms with Gasteiger partial charge in [-0.3, -0.25) is 9.59 Å². The number of nitrogens with zero attached hydrogens (tertiary/aromatic N) is 1. The lowest BCUT2D eigenvalue weighted by Crippen LogP contribution is -2.42. The van der Waals surface area contributed by atoms with Crippen LogP contribution >= 0.6 is 11.6 Å². The first-order valence-electron chi connectivity index (χ1n) is 8.35. The van der Waals surface area contributed by atoms with Crippen LogP contribution in [0.5, 0.6) is 0 Å². The maximum absolute atomic E-state index is 13.2. The Hall–Kier alpha value is -2.20. The molecule has 1 fully saturated rings. The van der Waals surface area contributed by atoms with Crippen molar-refractivity contribution in [1.29, 1.82) is 0 Å². The number of benzene rings is 2. The summed E-state index contributed by atoms with van der Waals surface area (Å²) in [5.41, 5.74) is 1.26. The molecule has 0 aliphatic carbocycles. The second-order valence-corrected chi connectivity index (χ2v) is 6.75. The van der Waals surface area contributed by atoms with Crippen molar-refractivity contribution in [3.05, 3.63) is 70.5 Å². The molecule has 2 aromatic carbocycles. The molecule has 3 nitrogen and oxygen atoms in total. The van der Waals surface area contributed by atoms with E-state index in [-0.39, 0.29) is 28.2 Å². The van der Waals surface area contributed by atoms with E-state index in [9.17, 15) is 14.0 Å². The fourth-order valence-corrected chi connectivity index (χ4v) is 3.45. The van der Waals surface area contributed by atoms with E-state index in [4.69, 9.17) is 11.6 Å². The van der Waals surface area contributed by atoms with Crippen LogP contribution in [0, 0.1) is 11.7 Å². The van der Waals surface area contributed by atoms with Crippen LogP contribution in [0.3, 0.4) is 0 Å². The third-order valence-corrected chi connectivity index (χ3v) is 4.86. The quantitative estimate of drug-likeness (QED) is 0.822. The molecular weight excluding hydrogens is 341 g/mol. The first-order chi connectivity index (χ1) is 12.0. The Morgan fingerprint density at radius 1 is 1.16 bits per heavy atom. The summed E-state index contributed by atoms with van der Waals surface area (Å²) < 4.78 is 13.2. The lowest BCUT2D eigenvalue weighted by molar-refractivity contribution is -0.123. The molecule has 1 aliphatic heterocycles. The maximum Gasteiger partial charge on any atom is 0.255 e. The lowest BCUT2D eigenvalue weighted by Gasteiger charge is -2.32. The first kappa shape index (κ1) is 17.6. The Kier molecular flexibility index (Phi) is 5.49. The van der Waals surface area contributed by atoms with E-state index in [1.54, 1.807) is 4.90 Å². The smallest absolute Gasteiger partial charge is 0.255 e. The van der Waals surface area contributed by atoms with Gasteiger partial charge in [0.15, 0.2) is 0 Å². The van der Waals surface area contributed by atoms with Crippen LogP contribution in [0.4, 0.5) is 4.39 Å². The van der Waals surface area contributed by atoms with Crippen molar-refractivity contribution in [3.63, 3.8) is 0 Å². The van der Waals surface area contributed by atoms with Gasteiger partial charge in [-0.15, -0.1) is 0 Å². The predicted octanol–water partition coefficient (Wildman–Crippen LogP) is 4.14. The topological polar surface area (TPSA) is 37.4 Å². The number of ketones is 1. The third kappa shape index (κ3) is 4.26. The molecule has 130 valence electrons. The molecule has 1 atom stereocenters. The van der Waals surface area contributed by atoms with E-state index in [1.165, 1.54) is 12.1 Å². The van der Waals surface area contributed by atoms with Gasteiger partial charge in [0.05, 0.1) is 10.6 Å². The summed E-state index contributed by atoms with van der Waals surface area (Å²) >= 11 is 6.00. The Morgan fingerprint density at radius 3 is 2.64 bits per heavy atom. The number of carbonyl (C=O) groups is 2. The summed E-state index contributed by atoms with van der Waals surface area (Å²) in [6, 6.07) is 13.4. The fraction of sp³-hybridized carbons (Fsp3) is 0.300. The number of rotatable bonds is 4. The van der Waals surface area contributed by atoms with Crippen molar-refractivity contribution >= 4 is 23.3 Å². The number of halogens is 2. The highest BCUT2D eigenvalue weighted by atomic mass is 35.5. The highest BCUT2D eigenvalue weighted by Gasteiger charge is 2.29. The van der Waals surface area contributed by atoms with E-state index >= 15 is 0 Å². The van der Waals surface area contributed by atoms with Crippen molar-refractivity contribution in [3.8, 4) is 0 Å². The molecule has 0 N–H and O–H groups in total. The Labute approximate surface area is 151 Å². The molecule has 1 heterocycles. The summed E-state index contributed by atoms with van der Waals surface area (Å²) in [5.74, 6) is -0.746. The molecule has 2 aromatic rings. The zero-order valence-corrected chi connectivity index (χ0v) is 14.5. The van der Waals surface area contributed by atoms with Crippen molar-refractivity contribution in [2.45, 2.75) is 19.3 Å². The van der Waals surface area contributed by atoms with E-state index in [1.807, 2.05) is 30.3 Å². The van der Waals surface area contributed by atoms with Crippen LogP contribution in [0.15, 0.2) is 48.5 Å². The number of amides is 1. The van der Waals surface area contributed by atoms with Crippen LogP contribution < -0.4 is 0 Å². The van der Waals surface area contributed by atoms with Gasteiger partial charge in [-0.25, -0.2) is 4.39 Å².